The van der Waals surface area contributed by atoms with Gasteiger partial charge in [-0.2, -0.15) is 5.10 Å². The number of hydrogen-bond donors (Lipinski definition) is 1. The summed E-state index contributed by atoms with van der Waals surface area (Å²) in [6.07, 6.45) is 1.41. The number of rotatable bonds is 6. The Hall–Kier alpha value is -4.39. The van der Waals surface area contributed by atoms with Gasteiger partial charge in [0.25, 0.3) is 5.91 Å². The summed E-state index contributed by atoms with van der Waals surface area (Å²) in [5.74, 6) is 0.655. The van der Waals surface area contributed by atoms with Gasteiger partial charge in [-0.25, -0.2) is 10.2 Å². The molecule has 0 saturated heterocycles. The number of fused-ring (bicyclic) bond motifs is 1. The number of esters is 1. The van der Waals surface area contributed by atoms with E-state index in [1.165, 1.54) is 20.4 Å². The van der Waals surface area contributed by atoms with Gasteiger partial charge in [0, 0.05) is 5.56 Å². The van der Waals surface area contributed by atoms with Crippen LogP contribution in [0.15, 0.2) is 76.2 Å². The topological polar surface area (TPSA) is 90.1 Å². The molecule has 0 radical (unpaired) electrons. The monoisotopic (exact) mass is 442 g/mol. The molecule has 1 heterocycles. The largest absolute Gasteiger partial charge is 0.496 e. The highest BCUT2D eigenvalue weighted by molar-refractivity contribution is 6.02. The van der Waals surface area contributed by atoms with Crippen LogP contribution in [0.25, 0.3) is 22.1 Å². The molecule has 1 N–H and O–H groups in total. The van der Waals surface area contributed by atoms with Crippen molar-refractivity contribution in [2.75, 3.05) is 14.2 Å². The molecule has 4 rings (SSSR count). The van der Waals surface area contributed by atoms with E-state index in [9.17, 15) is 9.59 Å². The Balaban J connectivity index is 1.51. The summed E-state index contributed by atoms with van der Waals surface area (Å²) in [6, 6.07) is 20.0. The molecule has 0 aliphatic carbocycles. The van der Waals surface area contributed by atoms with Gasteiger partial charge in [-0.05, 0) is 59.7 Å². The molecule has 166 valence electrons. The van der Waals surface area contributed by atoms with Crippen LogP contribution in [0.1, 0.15) is 32.0 Å². The molecule has 1 aromatic heterocycles. The van der Waals surface area contributed by atoms with Gasteiger partial charge in [-0.15, -0.1) is 0 Å². The summed E-state index contributed by atoms with van der Waals surface area (Å²) < 4.78 is 16.0. The number of aryl methyl sites for hydroxylation is 1. The van der Waals surface area contributed by atoms with Crippen LogP contribution in [0.3, 0.4) is 0 Å². The van der Waals surface area contributed by atoms with E-state index in [0.717, 1.165) is 21.9 Å². The molecule has 0 unspecified atom stereocenters. The van der Waals surface area contributed by atoms with Crippen molar-refractivity contribution in [3.8, 4) is 17.1 Å². The number of hydrogen-bond acceptors (Lipinski definition) is 6. The maximum atomic E-state index is 12.7. The SMILES string of the molecule is COC(=O)c1ccc(C)c(-c2ccc(C=NNC(=O)c3cc4ccccc4cc3OC)o2)c1. The van der Waals surface area contributed by atoms with Crippen molar-refractivity contribution in [2.45, 2.75) is 6.92 Å². The zero-order chi connectivity index (χ0) is 23.4. The second kappa shape index (κ2) is 9.40. The molecule has 4 aromatic rings. The van der Waals surface area contributed by atoms with E-state index in [1.807, 2.05) is 43.3 Å². The van der Waals surface area contributed by atoms with Crippen molar-refractivity contribution >= 4 is 28.9 Å². The fraction of sp³-hybridized carbons (Fsp3) is 0.115. The number of furan rings is 1. The Kier molecular flexibility index (Phi) is 6.22. The number of nitrogens with one attached hydrogen (secondary N) is 1. The Morgan fingerprint density at radius 1 is 0.970 bits per heavy atom. The Labute approximate surface area is 190 Å². The first-order valence-electron chi connectivity index (χ1n) is 10.2. The van der Waals surface area contributed by atoms with Crippen molar-refractivity contribution in [3.63, 3.8) is 0 Å². The van der Waals surface area contributed by atoms with Crippen LogP contribution in [-0.4, -0.2) is 32.3 Å². The lowest BCUT2D eigenvalue weighted by molar-refractivity contribution is 0.0600. The van der Waals surface area contributed by atoms with E-state index < -0.39 is 11.9 Å². The summed E-state index contributed by atoms with van der Waals surface area (Å²) >= 11 is 0. The average molecular weight is 442 g/mol. The Morgan fingerprint density at radius 2 is 1.73 bits per heavy atom. The minimum atomic E-state index is -0.420. The zero-order valence-electron chi connectivity index (χ0n) is 18.4. The predicted octanol–water partition coefficient (Wildman–Crippen LogP) is 4.97. The molecule has 0 fully saturated rings. The lowest BCUT2D eigenvalue weighted by atomic mass is 10.0. The van der Waals surface area contributed by atoms with Gasteiger partial charge in [0.1, 0.15) is 17.3 Å². The van der Waals surface area contributed by atoms with Crippen LogP contribution in [0.5, 0.6) is 5.75 Å². The highest BCUT2D eigenvalue weighted by Gasteiger charge is 2.14. The van der Waals surface area contributed by atoms with E-state index in [2.05, 4.69) is 10.5 Å². The number of methoxy groups -OCH3 is 2. The second-order valence-corrected chi connectivity index (χ2v) is 7.32. The van der Waals surface area contributed by atoms with Gasteiger partial charge in [-0.1, -0.05) is 30.3 Å². The number of amides is 1. The van der Waals surface area contributed by atoms with Crippen molar-refractivity contribution in [1.82, 2.24) is 5.43 Å². The van der Waals surface area contributed by atoms with Gasteiger partial charge in [0.15, 0.2) is 0 Å². The third-order valence-electron chi connectivity index (χ3n) is 5.22. The maximum absolute atomic E-state index is 12.7. The summed E-state index contributed by atoms with van der Waals surface area (Å²) in [5.41, 5.74) is 5.03. The highest BCUT2D eigenvalue weighted by atomic mass is 16.5. The third-order valence-corrected chi connectivity index (χ3v) is 5.22. The predicted molar refractivity (Wildman–Crippen MR) is 126 cm³/mol. The van der Waals surface area contributed by atoms with Crippen LogP contribution in [-0.2, 0) is 4.74 Å². The Bertz CT molecular complexity index is 1370. The number of carbonyl (C=O) groups is 2. The summed E-state index contributed by atoms with van der Waals surface area (Å²) in [7, 11) is 2.86. The van der Waals surface area contributed by atoms with Crippen molar-refractivity contribution in [1.29, 1.82) is 0 Å². The van der Waals surface area contributed by atoms with Crippen molar-refractivity contribution in [2.24, 2.45) is 5.10 Å². The summed E-state index contributed by atoms with van der Waals surface area (Å²) in [5, 5.41) is 5.91. The average Bonchev–Trinajstić information content (AvgIpc) is 3.31. The first-order chi connectivity index (χ1) is 16.0. The second-order valence-electron chi connectivity index (χ2n) is 7.32. The molecule has 7 nitrogen and oxygen atoms in total. The van der Waals surface area contributed by atoms with Crippen LogP contribution in [0, 0.1) is 6.92 Å². The van der Waals surface area contributed by atoms with E-state index >= 15 is 0 Å². The van der Waals surface area contributed by atoms with Gasteiger partial charge in [0.05, 0.1) is 31.6 Å². The smallest absolute Gasteiger partial charge is 0.337 e. The number of benzene rings is 3. The van der Waals surface area contributed by atoms with Gasteiger partial charge in [-0.3, -0.25) is 4.79 Å². The molecule has 0 aliphatic heterocycles. The molecule has 0 atom stereocenters. The van der Waals surface area contributed by atoms with Crippen molar-refractivity contribution < 1.29 is 23.5 Å². The number of hydrazone groups is 1. The van der Waals surface area contributed by atoms with E-state index in [4.69, 9.17) is 13.9 Å². The van der Waals surface area contributed by atoms with Crippen LogP contribution in [0.2, 0.25) is 0 Å². The summed E-state index contributed by atoms with van der Waals surface area (Å²) in [6.45, 7) is 1.92. The van der Waals surface area contributed by atoms with Gasteiger partial charge in [0.2, 0.25) is 0 Å². The standard InChI is InChI=1S/C26H22N2O5/c1-16-8-9-19(26(30)32-3)13-21(16)23-11-10-20(33-23)15-27-28-25(29)22-12-17-6-4-5-7-18(17)14-24(22)31-2/h4-15H,1-3H3,(H,28,29). The van der Waals surface area contributed by atoms with Crippen LogP contribution < -0.4 is 10.2 Å². The van der Waals surface area contributed by atoms with Crippen LogP contribution >= 0.6 is 0 Å². The maximum Gasteiger partial charge on any atom is 0.337 e. The normalized spacial score (nSPS) is 11.0. The first kappa shape index (κ1) is 21.8. The van der Waals surface area contributed by atoms with Gasteiger partial charge >= 0.3 is 5.97 Å². The third kappa shape index (κ3) is 4.62. The van der Waals surface area contributed by atoms with E-state index in [-0.39, 0.29) is 0 Å². The Morgan fingerprint density at radius 3 is 2.45 bits per heavy atom. The molecule has 0 spiro atoms. The minimum Gasteiger partial charge on any atom is -0.496 e. The quantitative estimate of drug-likeness (QED) is 0.259. The molecule has 0 aliphatic rings. The molecule has 33 heavy (non-hydrogen) atoms. The zero-order valence-corrected chi connectivity index (χ0v) is 18.4. The lowest BCUT2D eigenvalue weighted by Gasteiger charge is -2.09. The number of nitrogens with zero attached hydrogens (tertiary/aromatic N) is 1. The molecular weight excluding hydrogens is 420 g/mol. The van der Waals surface area contributed by atoms with Gasteiger partial charge < -0.3 is 13.9 Å². The first-order valence-corrected chi connectivity index (χ1v) is 10.2. The van der Waals surface area contributed by atoms with Crippen LogP contribution in [0.4, 0.5) is 0 Å². The highest BCUT2D eigenvalue weighted by Crippen LogP contribution is 2.27. The minimum absolute atomic E-state index is 0.378. The fourth-order valence-electron chi connectivity index (χ4n) is 3.48. The van der Waals surface area contributed by atoms with E-state index in [1.54, 1.807) is 30.3 Å². The molecule has 0 saturated carbocycles. The van der Waals surface area contributed by atoms with Crippen molar-refractivity contribution in [3.05, 3.63) is 89.2 Å². The molecule has 7 heteroatoms. The number of carbonyl (C=O) groups excluding carboxylic acids is 2. The molecule has 0 bridgehead atoms. The summed E-state index contributed by atoms with van der Waals surface area (Å²) in [4.78, 5) is 24.5. The molecule has 3 aromatic carbocycles. The number of ether oxygens (including phenoxy) is 2. The lowest BCUT2D eigenvalue weighted by Crippen LogP contribution is -2.18. The molecule has 1 amide bonds. The van der Waals surface area contributed by atoms with E-state index in [0.29, 0.717) is 28.4 Å². The molecular formula is C26H22N2O5. The fourth-order valence-corrected chi connectivity index (χ4v) is 3.48.